The molecule has 0 radical (unpaired) electrons. The Labute approximate surface area is 166 Å². The van der Waals surface area contributed by atoms with E-state index in [4.69, 9.17) is 4.52 Å². The lowest BCUT2D eigenvalue weighted by molar-refractivity contribution is -0.141. The maximum Gasteiger partial charge on any atom is 0.433 e. The first-order valence-corrected chi connectivity index (χ1v) is 9.74. The van der Waals surface area contributed by atoms with Gasteiger partial charge in [-0.1, -0.05) is 11.2 Å². The summed E-state index contributed by atoms with van der Waals surface area (Å²) in [5.74, 6) is 1.32. The van der Waals surface area contributed by atoms with Gasteiger partial charge in [0.25, 0.3) is 0 Å². The number of amides is 1. The van der Waals surface area contributed by atoms with Gasteiger partial charge in [-0.25, -0.2) is 4.98 Å². The number of aromatic nitrogens is 2. The Hall–Kier alpha value is -2.58. The molecule has 2 atom stereocenters. The molecule has 29 heavy (non-hydrogen) atoms. The molecule has 0 aliphatic carbocycles. The minimum atomic E-state index is -4.47. The molecule has 2 aromatic rings. The van der Waals surface area contributed by atoms with E-state index in [0.717, 1.165) is 24.5 Å². The Bertz CT molecular complexity index is 892. The number of carbonyl (C=O) groups is 1. The molecular weight excluding hydrogens is 385 g/mol. The second-order valence-corrected chi connectivity index (χ2v) is 7.80. The molecule has 2 aliphatic rings. The van der Waals surface area contributed by atoms with Crippen LogP contribution < -0.4 is 4.90 Å². The van der Waals surface area contributed by atoms with Gasteiger partial charge in [-0.15, -0.1) is 0 Å². The van der Waals surface area contributed by atoms with Crippen LogP contribution in [0.3, 0.4) is 0 Å². The summed E-state index contributed by atoms with van der Waals surface area (Å²) in [6.07, 6.45) is -2.50. The van der Waals surface area contributed by atoms with E-state index in [2.05, 4.69) is 10.1 Å². The van der Waals surface area contributed by atoms with E-state index in [0.29, 0.717) is 42.8 Å². The molecule has 0 spiro atoms. The molecule has 0 bridgehead atoms. The Morgan fingerprint density at radius 3 is 2.69 bits per heavy atom. The fourth-order valence-electron chi connectivity index (χ4n) is 4.42. The number of pyridine rings is 1. The molecule has 9 heteroatoms. The molecule has 4 heterocycles. The van der Waals surface area contributed by atoms with Crippen molar-refractivity contribution in [1.29, 1.82) is 0 Å². The quantitative estimate of drug-likeness (QED) is 0.779. The zero-order valence-electron chi connectivity index (χ0n) is 16.4. The summed E-state index contributed by atoms with van der Waals surface area (Å²) < 4.78 is 44.2. The number of carbonyl (C=O) groups excluding carboxylic acids is 1. The lowest BCUT2D eigenvalue weighted by atomic mass is 9.92. The molecule has 0 N–H and O–H groups in total. The summed E-state index contributed by atoms with van der Waals surface area (Å²) in [6, 6.07) is 3.94. The average Bonchev–Trinajstić information content (AvgIpc) is 3.25. The zero-order valence-corrected chi connectivity index (χ0v) is 16.4. The van der Waals surface area contributed by atoms with Crippen LogP contribution in [0.2, 0.25) is 0 Å². The fraction of sp³-hybridized carbons (Fsp3) is 0.550. The summed E-state index contributed by atoms with van der Waals surface area (Å²) >= 11 is 0. The molecule has 2 aliphatic heterocycles. The van der Waals surface area contributed by atoms with Crippen LogP contribution in [0.25, 0.3) is 0 Å². The standard InChI is InChI=1S/C20H23F3N4O2/c1-12-15(13(2)29-25-12)10-19(28)27-9-7-14-6-8-26(11-16(14)27)18-5-3-4-17(24-18)20(21,22)23/h3-5,14,16H,6-11H2,1-2H3. The van der Waals surface area contributed by atoms with Gasteiger partial charge in [-0.05, 0) is 44.7 Å². The second-order valence-electron chi connectivity index (χ2n) is 7.80. The van der Waals surface area contributed by atoms with E-state index >= 15 is 0 Å². The molecule has 0 aromatic carbocycles. The van der Waals surface area contributed by atoms with Gasteiger partial charge in [0.15, 0.2) is 0 Å². The predicted molar refractivity (Wildman–Crippen MR) is 99.4 cm³/mol. The normalized spacial score (nSPS) is 22.1. The monoisotopic (exact) mass is 408 g/mol. The van der Waals surface area contributed by atoms with Crippen LogP contribution in [0.5, 0.6) is 0 Å². The summed E-state index contributed by atoms with van der Waals surface area (Å²) in [6.45, 7) is 5.40. The van der Waals surface area contributed by atoms with Gasteiger partial charge in [-0.3, -0.25) is 4.79 Å². The van der Waals surface area contributed by atoms with Crippen molar-refractivity contribution in [1.82, 2.24) is 15.0 Å². The van der Waals surface area contributed by atoms with Crippen molar-refractivity contribution in [2.24, 2.45) is 5.92 Å². The average molecular weight is 408 g/mol. The number of likely N-dealkylation sites (tertiary alicyclic amines) is 1. The summed E-state index contributed by atoms with van der Waals surface area (Å²) in [5.41, 5.74) is 0.630. The van der Waals surface area contributed by atoms with Crippen molar-refractivity contribution in [2.75, 3.05) is 24.5 Å². The lowest BCUT2D eigenvalue weighted by Crippen LogP contribution is -2.50. The maximum atomic E-state index is 13.0. The highest BCUT2D eigenvalue weighted by Crippen LogP contribution is 2.35. The number of nitrogens with zero attached hydrogens (tertiary/aromatic N) is 4. The number of hydrogen-bond donors (Lipinski definition) is 0. The highest BCUT2D eigenvalue weighted by Gasteiger charge is 2.41. The van der Waals surface area contributed by atoms with Gasteiger partial charge in [0, 0.05) is 25.2 Å². The zero-order chi connectivity index (χ0) is 20.8. The fourth-order valence-corrected chi connectivity index (χ4v) is 4.42. The van der Waals surface area contributed by atoms with Gasteiger partial charge in [0.2, 0.25) is 5.91 Å². The number of rotatable bonds is 3. The molecule has 0 saturated carbocycles. The van der Waals surface area contributed by atoms with E-state index in [1.165, 1.54) is 6.07 Å². The number of fused-ring (bicyclic) bond motifs is 1. The number of halogens is 3. The third-order valence-corrected chi connectivity index (χ3v) is 6.04. The molecule has 2 unspecified atom stereocenters. The Balaban J connectivity index is 1.50. The predicted octanol–water partition coefficient (Wildman–Crippen LogP) is 3.38. The van der Waals surface area contributed by atoms with Crippen molar-refractivity contribution < 1.29 is 22.5 Å². The van der Waals surface area contributed by atoms with Crippen LogP contribution in [0.1, 0.15) is 35.6 Å². The highest BCUT2D eigenvalue weighted by atomic mass is 19.4. The first kappa shape index (κ1) is 19.7. The van der Waals surface area contributed by atoms with Crippen molar-refractivity contribution in [3.63, 3.8) is 0 Å². The highest BCUT2D eigenvalue weighted by molar-refractivity contribution is 5.80. The number of piperidine rings is 1. The molecular formula is C20H23F3N4O2. The Morgan fingerprint density at radius 1 is 1.24 bits per heavy atom. The summed E-state index contributed by atoms with van der Waals surface area (Å²) in [4.78, 5) is 20.5. The van der Waals surface area contributed by atoms with Crippen LogP contribution in [0.4, 0.5) is 19.0 Å². The number of hydrogen-bond acceptors (Lipinski definition) is 5. The smallest absolute Gasteiger partial charge is 0.361 e. The number of alkyl halides is 3. The van der Waals surface area contributed by atoms with Crippen molar-refractivity contribution >= 4 is 11.7 Å². The maximum absolute atomic E-state index is 13.0. The molecule has 2 fully saturated rings. The Morgan fingerprint density at radius 2 is 2.00 bits per heavy atom. The van der Waals surface area contributed by atoms with Gasteiger partial charge < -0.3 is 14.3 Å². The van der Waals surface area contributed by atoms with Crippen LogP contribution in [-0.2, 0) is 17.4 Å². The van der Waals surface area contributed by atoms with E-state index in [-0.39, 0.29) is 18.4 Å². The first-order valence-electron chi connectivity index (χ1n) is 9.74. The molecule has 2 aromatic heterocycles. The van der Waals surface area contributed by atoms with Crippen molar-refractivity contribution in [2.45, 2.75) is 45.3 Å². The van der Waals surface area contributed by atoms with Gasteiger partial charge in [0.1, 0.15) is 17.3 Å². The van der Waals surface area contributed by atoms with Gasteiger partial charge in [-0.2, -0.15) is 13.2 Å². The molecule has 6 nitrogen and oxygen atoms in total. The van der Waals surface area contributed by atoms with Gasteiger partial charge >= 0.3 is 6.18 Å². The number of aryl methyl sites for hydroxylation is 2. The van der Waals surface area contributed by atoms with Crippen molar-refractivity contribution in [3.8, 4) is 0 Å². The summed E-state index contributed by atoms with van der Waals surface area (Å²) in [7, 11) is 0. The topological polar surface area (TPSA) is 62.5 Å². The van der Waals surface area contributed by atoms with Crippen LogP contribution in [-0.4, -0.2) is 46.6 Å². The third kappa shape index (κ3) is 3.82. The van der Waals surface area contributed by atoms with Crippen LogP contribution in [0, 0.1) is 19.8 Å². The lowest BCUT2D eigenvalue weighted by Gasteiger charge is -2.39. The largest absolute Gasteiger partial charge is 0.433 e. The third-order valence-electron chi connectivity index (χ3n) is 6.04. The Kier molecular flexibility index (Phi) is 5.00. The number of anilines is 1. The van der Waals surface area contributed by atoms with E-state index in [1.807, 2.05) is 16.7 Å². The van der Waals surface area contributed by atoms with Crippen LogP contribution >= 0.6 is 0 Å². The van der Waals surface area contributed by atoms with Gasteiger partial charge in [0.05, 0.1) is 18.2 Å². The van der Waals surface area contributed by atoms with E-state index in [9.17, 15) is 18.0 Å². The molecule has 156 valence electrons. The molecule has 1 amide bonds. The van der Waals surface area contributed by atoms with E-state index in [1.54, 1.807) is 13.0 Å². The first-order chi connectivity index (χ1) is 13.7. The summed E-state index contributed by atoms with van der Waals surface area (Å²) in [5, 5.41) is 3.90. The second kappa shape index (κ2) is 7.35. The molecule has 4 rings (SSSR count). The molecule has 2 saturated heterocycles. The SMILES string of the molecule is Cc1noc(C)c1CC(=O)N1CCC2CCN(c3cccc(C(F)(F)F)n3)CC21. The van der Waals surface area contributed by atoms with E-state index < -0.39 is 11.9 Å². The minimum Gasteiger partial charge on any atom is -0.361 e. The van der Waals surface area contributed by atoms with Crippen molar-refractivity contribution in [3.05, 3.63) is 40.9 Å². The minimum absolute atomic E-state index is 0.00533. The van der Waals surface area contributed by atoms with Crippen LogP contribution in [0.15, 0.2) is 22.7 Å².